The van der Waals surface area contributed by atoms with E-state index in [2.05, 4.69) is 22.2 Å². The number of hydrogen-bond acceptors (Lipinski definition) is 4. The Hall–Kier alpha value is -1.69. The van der Waals surface area contributed by atoms with Crippen molar-refractivity contribution in [3.05, 3.63) is 40.5 Å². The Bertz CT molecular complexity index is 750. The molecule has 1 aliphatic heterocycles. The van der Waals surface area contributed by atoms with Crippen LogP contribution in [0.3, 0.4) is 0 Å². The quantitative estimate of drug-likeness (QED) is 0.927. The highest BCUT2D eigenvalue weighted by atomic mass is 35.5. The van der Waals surface area contributed by atoms with Gasteiger partial charge < -0.3 is 15.0 Å². The molecule has 1 atom stereocenters. The molecule has 0 radical (unpaired) electrons. The van der Waals surface area contributed by atoms with E-state index >= 15 is 0 Å². The number of rotatable bonds is 3. The summed E-state index contributed by atoms with van der Waals surface area (Å²) in [5, 5.41) is 4.38. The number of carbonyl (C=O) groups is 1. The van der Waals surface area contributed by atoms with Crippen molar-refractivity contribution in [3.63, 3.8) is 0 Å². The highest BCUT2D eigenvalue weighted by molar-refractivity contribution is 6.35. The van der Waals surface area contributed by atoms with E-state index in [9.17, 15) is 4.79 Å². The van der Waals surface area contributed by atoms with E-state index in [0.29, 0.717) is 35.2 Å². The highest BCUT2D eigenvalue weighted by Crippen LogP contribution is 2.25. The first-order valence-corrected chi connectivity index (χ1v) is 8.52. The van der Waals surface area contributed by atoms with Crippen LogP contribution in [0.2, 0.25) is 5.02 Å². The Morgan fingerprint density at radius 3 is 3.17 bits per heavy atom. The smallest absolute Gasteiger partial charge is 0.252 e. The molecule has 128 valence electrons. The number of hydrogen-bond donors (Lipinski definition) is 1. The first kappa shape index (κ1) is 17.1. The second-order valence-corrected chi connectivity index (χ2v) is 6.77. The molecule has 1 N–H and O–H groups in total. The van der Waals surface area contributed by atoms with Crippen molar-refractivity contribution in [1.82, 2.24) is 15.2 Å². The van der Waals surface area contributed by atoms with Gasteiger partial charge in [0.2, 0.25) is 0 Å². The molecule has 0 saturated carbocycles. The van der Waals surface area contributed by atoms with Gasteiger partial charge in [-0.05, 0) is 26.1 Å². The molecule has 0 spiro atoms. The van der Waals surface area contributed by atoms with Gasteiger partial charge >= 0.3 is 0 Å². The van der Waals surface area contributed by atoms with Crippen molar-refractivity contribution in [3.8, 4) is 0 Å². The van der Waals surface area contributed by atoms with Gasteiger partial charge in [0, 0.05) is 36.6 Å². The number of para-hydroxylation sites is 1. The Morgan fingerprint density at radius 2 is 2.33 bits per heavy atom. The fraction of sp³-hybridized carbons (Fsp3) is 0.444. The van der Waals surface area contributed by atoms with Crippen molar-refractivity contribution >= 4 is 28.4 Å². The number of carbonyl (C=O) groups excluding carboxylic acids is 1. The molecule has 2 aromatic rings. The second kappa shape index (κ2) is 7.47. The van der Waals surface area contributed by atoms with Gasteiger partial charge in [-0.2, -0.15) is 0 Å². The van der Waals surface area contributed by atoms with Gasteiger partial charge in [-0.15, -0.1) is 0 Å². The number of amides is 1. The van der Waals surface area contributed by atoms with Crippen LogP contribution in [0, 0.1) is 12.8 Å². The number of aromatic nitrogens is 1. The van der Waals surface area contributed by atoms with E-state index in [0.717, 1.165) is 30.8 Å². The lowest BCUT2D eigenvalue weighted by Gasteiger charge is -2.19. The number of ether oxygens (including phenoxy) is 1. The van der Waals surface area contributed by atoms with Crippen LogP contribution in [-0.4, -0.2) is 55.7 Å². The third kappa shape index (κ3) is 3.86. The fourth-order valence-electron chi connectivity index (χ4n) is 3.04. The van der Waals surface area contributed by atoms with E-state index in [1.165, 1.54) is 0 Å². The average Bonchev–Trinajstić information content (AvgIpc) is 2.77. The van der Waals surface area contributed by atoms with Gasteiger partial charge in [0.1, 0.15) is 0 Å². The molecular formula is C18H22ClN3O2. The lowest BCUT2D eigenvalue weighted by molar-refractivity contribution is 0.0923. The summed E-state index contributed by atoms with van der Waals surface area (Å²) in [6.07, 6.45) is 0. The zero-order valence-corrected chi connectivity index (χ0v) is 14.8. The lowest BCUT2D eigenvalue weighted by Crippen LogP contribution is -2.36. The molecule has 1 aromatic carbocycles. The number of aryl methyl sites for hydroxylation is 1. The fourth-order valence-corrected chi connectivity index (χ4v) is 3.26. The molecular weight excluding hydrogens is 326 g/mol. The predicted molar refractivity (Wildman–Crippen MR) is 95.6 cm³/mol. The Morgan fingerprint density at radius 1 is 1.50 bits per heavy atom. The summed E-state index contributed by atoms with van der Waals surface area (Å²) in [4.78, 5) is 19.4. The van der Waals surface area contributed by atoms with Gasteiger partial charge in [0.05, 0.1) is 29.3 Å². The van der Waals surface area contributed by atoms with Crippen molar-refractivity contribution in [1.29, 1.82) is 0 Å². The minimum atomic E-state index is -0.0975. The molecule has 0 aliphatic carbocycles. The van der Waals surface area contributed by atoms with Crippen molar-refractivity contribution in [2.24, 2.45) is 5.92 Å². The number of nitrogens with one attached hydrogen (secondary N) is 1. The summed E-state index contributed by atoms with van der Waals surface area (Å²) < 4.78 is 5.60. The van der Waals surface area contributed by atoms with E-state index in [-0.39, 0.29) is 5.91 Å². The molecule has 2 heterocycles. The van der Waals surface area contributed by atoms with Crippen LogP contribution in [-0.2, 0) is 4.74 Å². The van der Waals surface area contributed by atoms with Crippen molar-refractivity contribution in [2.75, 3.05) is 39.9 Å². The Balaban J connectivity index is 1.78. The maximum absolute atomic E-state index is 12.7. The first-order chi connectivity index (χ1) is 11.5. The number of fused-ring (bicyclic) bond motifs is 1. The van der Waals surface area contributed by atoms with Crippen LogP contribution in [0.25, 0.3) is 10.9 Å². The van der Waals surface area contributed by atoms with E-state index < -0.39 is 0 Å². The number of pyridine rings is 1. The minimum Gasteiger partial charge on any atom is -0.380 e. The molecule has 0 unspecified atom stereocenters. The van der Waals surface area contributed by atoms with Crippen LogP contribution in [0.5, 0.6) is 0 Å². The maximum Gasteiger partial charge on any atom is 0.252 e. The van der Waals surface area contributed by atoms with E-state index in [4.69, 9.17) is 16.3 Å². The Kier molecular flexibility index (Phi) is 5.33. The molecule has 6 heteroatoms. The topological polar surface area (TPSA) is 54.5 Å². The number of nitrogens with zero attached hydrogens (tertiary/aromatic N) is 2. The summed E-state index contributed by atoms with van der Waals surface area (Å²) in [5.41, 5.74) is 2.06. The number of benzene rings is 1. The molecule has 1 saturated heterocycles. The SMILES string of the molecule is Cc1cc(C(=O)NC[C@H]2COCCN(C)C2)c2cccc(Cl)c2n1. The standard InChI is InChI=1S/C18H22ClN3O2/c1-12-8-15(14-4-3-5-16(19)17(14)21-12)18(23)20-9-13-10-22(2)6-7-24-11-13/h3-5,8,13H,6-7,9-11H2,1-2H3,(H,20,23)/t13-/m1/s1. The van der Waals surface area contributed by atoms with Gasteiger partial charge in [0.25, 0.3) is 5.91 Å². The molecule has 3 rings (SSSR count). The maximum atomic E-state index is 12.7. The summed E-state index contributed by atoms with van der Waals surface area (Å²) in [6.45, 7) is 5.72. The molecule has 1 aliphatic rings. The normalized spacial score (nSPS) is 19.2. The third-order valence-electron chi connectivity index (χ3n) is 4.26. The van der Waals surface area contributed by atoms with Crippen molar-refractivity contribution < 1.29 is 9.53 Å². The van der Waals surface area contributed by atoms with Crippen LogP contribution >= 0.6 is 11.6 Å². The summed E-state index contributed by atoms with van der Waals surface area (Å²) in [7, 11) is 2.07. The van der Waals surface area contributed by atoms with Crippen molar-refractivity contribution in [2.45, 2.75) is 6.92 Å². The monoisotopic (exact) mass is 347 g/mol. The molecule has 0 bridgehead atoms. The van der Waals surface area contributed by atoms with Gasteiger partial charge in [-0.1, -0.05) is 23.7 Å². The summed E-state index contributed by atoms with van der Waals surface area (Å²) >= 11 is 6.22. The first-order valence-electron chi connectivity index (χ1n) is 8.15. The third-order valence-corrected chi connectivity index (χ3v) is 4.56. The highest BCUT2D eigenvalue weighted by Gasteiger charge is 2.19. The molecule has 1 fully saturated rings. The largest absolute Gasteiger partial charge is 0.380 e. The van der Waals surface area contributed by atoms with Crippen LogP contribution in [0.4, 0.5) is 0 Å². The van der Waals surface area contributed by atoms with Gasteiger partial charge in [-0.25, -0.2) is 0 Å². The molecule has 1 amide bonds. The molecule has 5 nitrogen and oxygen atoms in total. The average molecular weight is 348 g/mol. The zero-order valence-electron chi connectivity index (χ0n) is 14.0. The zero-order chi connectivity index (χ0) is 17.1. The Labute approximate surface area is 146 Å². The molecule has 24 heavy (non-hydrogen) atoms. The summed E-state index contributed by atoms with van der Waals surface area (Å²) in [5.74, 6) is 0.193. The van der Waals surface area contributed by atoms with E-state index in [1.807, 2.05) is 25.1 Å². The predicted octanol–water partition coefficient (Wildman–Crippen LogP) is 2.50. The van der Waals surface area contributed by atoms with Gasteiger partial charge in [0.15, 0.2) is 0 Å². The second-order valence-electron chi connectivity index (χ2n) is 6.36. The van der Waals surface area contributed by atoms with E-state index in [1.54, 1.807) is 6.07 Å². The van der Waals surface area contributed by atoms with Crippen LogP contribution in [0.1, 0.15) is 16.1 Å². The van der Waals surface area contributed by atoms with Gasteiger partial charge in [-0.3, -0.25) is 9.78 Å². The minimum absolute atomic E-state index is 0.0975. The molecule has 1 aromatic heterocycles. The number of halogens is 1. The van der Waals surface area contributed by atoms with Crippen LogP contribution < -0.4 is 5.32 Å². The summed E-state index contributed by atoms with van der Waals surface area (Å²) in [6, 6.07) is 7.32. The van der Waals surface area contributed by atoms with Crippen LogP contribution in [0.15, 0.2) is 24.3 Å². The number of likely N-dealkylation sites (N-methyl/N-ethyl adjacent to an activating group) is 1. The lowest BCUT2D eigenvalue weighted by atomic mass is 10.1.